The highest BCUT2D eigenvalue weighted by molar-refractivity contribution is 5.84. The summed E-state index contributed by atoms with van der Waals surface area (Å²) in [5.41, 5.74) is 0.226. The number of ether oxygens (including phenoxy) is 1. The van der Waals surface area contributed by atoms with Gasteiger partial charge in [-0.3, -0.25) is 10.1 Å². The van der Waals surface area contributed by atoms with Gasteiger partial charge < -0.3 is 9.64 Å². The lowest BCUT2D eigenvalue weighted by Gasteiger charge is -2.38. The van der Waals surface area contributed by atoms with Gasteiger partial charge in [0.2, 0.25) is 5.91 Å². The highest BCUT2D eigenvalue weighted by Crippen LogP contribution is 2.33. The third-order valence-electron chi connectivity index (χ3n) is 4.57. The van der Waals surface area contributed by atoms with E-state index in [1.807, 2.05) is 0 Å². The van der Waals surface area contributed by atoms with Crippen LogP contribution in [-0.2, 0) is 9.53 Å². The molecule has 0 aromatic rings. The van der Waals surface area contributed by atoms with Gasteiger partial charge in [-0.05, 0) is 31.1 Å². The summed E-state index contributed by atoms with van der Waals surface area (Å²) in [5.74, 6) is 0.300. The van der Waals surface area contributed by atoms with Crippen LogP contribution in [0.15, 0.2) is 0 Å². The van der Waals surface area contributed by atoms with Crippen molar-refractivity contribution in [2.75, 3.05) is 19.8 Å². The maximum absolute atomic E-state index is 12.5. The maximum atomic E-state index is 12.5. The van der Waals surface area contributed by atoms with E-state index >= 15 is 0 Å². The number of rotatable bonds is 5. The van der Waals surface area contributed by atoms with Crippen LogP contribution < -0.4 is 5.32 Å². The Kier molecular flexibility index (Phi) is 4.85. The molecule has 4 heteroatoms. The van der Waals surface area contributed by atoms with Crippen LogP contribution in [0.3, 0.4) is 0 Å². The first kappa shape index (κ1) is 14.8. The lowest BCUT2D eigenvalue weighted by molar-refractivity contribution is -0.132. The molecule has 1 N–H and O–H groups in total. The Balaban J connectivity index is 2.04. The van der Waals surface area contributed by atoms with E-state index in [4.69, 9.17) is 4.74 Å². The van der Waals surface area contributed by atoms with E-state index in [1.165, 1.54) is 0 Å². The van der Waals surface area contributed by atoms with E-state index in [2.05, 4.69) is 31.0 Å². The molecular formula is C15H28N2O2. The van der Waals surface area contributed by atoms with Crippen molar-refractivity contribution < 1.29 is 9.53 Å². The molecular weight excluding hydrogens is 240 g/mol. The van der Waals surface area contributed by atoms with Crippen LogP contribution in [0.5, 0.6) is 0 Å². The molecule has 2 saturated heterocycles. The van der Waals surface area contributed by atoms with Crippen LogP contribution in [0, 0.1) is 5.41 Å². The van der Waals surface area contributed by atoms with Crippen molar-refractivity contribution in [1.29, 1.82) is 0 Å². The van der Waals surface area contributed by atoms with Gasteiger partial charge in [-0.25, -0.2) is 0 Å². The molecule has 1 amide bonds. The van der Waals surface area contributed by atoms with Crippen molar-refractivity contribution in [3.8, 4) is 0 Å². The van der Waals surface area contributed by atoms with Crippen LogP contribution in [-0.4, -0.2) is 42.8 Å². The lowest BCUT2D eigenvalue weighted by Crippen LogP contribution is -2.45. The average molecular weight is 268 g/mol. The van der Waals surface area contributed by atoms with Crippen LogP contribution in [0.4, 0.5) is 0 Å². The largest absolute Gasteiger partial charge is 0.381 e. The zero-order valence-corrected chi connectivity index (χ0v) is 12.6. The molecule has 0 spiro atoms. The van der Waals surface area contributed by atoms with Crippen molar-refractivity contribution in [2.45, 2.75) is 65.1 Å². The Morgan fingerprint density at radius 3 is 2.63 bits per heavy atom. The van der Waals surface area contributed by atoms with Gasteiger partial charge in [0.25, 0.3) is 0 Å². The van der Waals surface area contributed by atoms with Crippen LogP contribution in [0.2, 0.25) is 0 Å². The maximum Gasteiger partial charge on any atom is 0.241 e. The summed E-state index contributed by atoms with van der Waals surface area (Å²) in [7, 11) is 0. The molecule has 0 saturated carbocycles. The fourth-order valence-electron chi connectivity index (χ4n) is 3.17. The number of nitrogens with zero attached hydrogens (tertiary/aromatic N) is 1. The summed E-state index contributed by atoms with van der Waals surface area (Å²) < 4.78 is 5.45. The predicted octanol–water partition coefficient (Wildman–Crippen LogP) is 2.14. The lowest BCUT2D eigenvalue weighted by atomic mass is 9.81. The second kappa shape index (κ2) is 6.23. The number of nitrogens with one attached hydrogen (secondary N) is 1. The molecule has 2 aliphatic heterocycles. The molecule has 19 heavy (non-hydrogen) atoms. The molecule has 2 rings (SSSR count). The van der Waals surface area contributed by atoms with E-state index in [0.717, 1.165) is 51.9 Å². The fraction of sp³-hybridized carbons (Fsp3) is 0.933. The molecule has 2 heterocycles. The predicted molar refractivity (Wildman–Crippen MR) is 75.8 cm³/mol. The second-order valence-corrected chi connectivity index (χ2v) is 6.32. The summed E-state index contributed by atoms with van der Waals surface area (Å²) in [6.07, 6.45) is 5.41. The van der Waals surface area contributed by atoms with Gasteiger partial charge in [-0.1, -0.05) is 27.2 Å². The molecule has 0 aromatic heterocycles. The number of hydrogen-bond acceptors (Lipinski definition) is 3. The topological polar surface area (TPSA) is 41.6 Å². The van der Waals surface area contributed by atoms with E-state index in [0.29, 0.717) is 5.91 Å². The molecule has 2 atom stereocenters. The molecule has 0 bridgehead atoms. The third kappa shape index (κ3) is 3.29. The first-order chi connectivity index (χ1) is 9.09. The van der Waals surface area contributed by atoms with Gasteiger partial charge in [-0.2, -0.15) is 0 Å². The summed E-state index contributed by atoms with van der Waals surface area (Å²) in [6, 6.07) is 0.0278. The first-order valence-electron chi connectivity index (χ1n) is 7.74. The second-order valence-electron chi connectivity index (χ2n) is 6.32. The number of hydrogen-bond donors (Lipinski definition) is 1. The molecule has 4 nitrogen and oxygen atoms in total. The molecule has 2 unspecified atom stereocenters. The van der Waals surface area contributed by atoms with Crippen LogP contribution in [0.25, 0.3) is 0 Å². The summed E-state index contributed by atoms with van der Waals surface area (Å²) in [6.45, 7) is 9.11. The van der Waals surface area contributed by atoms with Gasteiger partial charge in [0.15, 0.2) is 0 Å². The zero-order valence-electron chi connectivity index (χ0n) is 12.6. The molecule has 2 aliphatic rings. The van der Waals surface area contributed by atoms with E-state index in [-0.39, 0.29) is 17.6 Å². The minimum atomic E-state index is 0.0278. The highest BCUT2D eigenvalue weighted by Gasteiger charge is 2.41. The van der Waals surface area contributed by atoms with Crippen LogP contribution >= 0.6 is 0 Å². The number of carbonyl (C=O) groups excluding carboxylic acids is 1. The van der Waals surface area contributed by atoms with Gasteiger partial charge in [0.1, 0.15) is 0 Å². The fourth-order valence-corrected chi connectivity index (χ4v) is 3.17. The molecule has 0 aromatic carbocycles. The van der Waals surface area contributed by atoms with Crippen molar-refractivity contribution in [3.63, 3.8) is 0 Å². The van der Waals surface area contributed by atoms with Crippen LogP contribution in [0.1, 0.15) is 52.9 Å². The van der Waals surface area contributed by atoms with E-state index < -0.39 is 0 Å². The molecule has 110 valence electrons. The minimum absolute atomic E-state index is 0.0278. The van der Waals surface area contributed by atoms with Gasteiger partial charge in [-0.15, -0.1) is 0 Å². The average Bonchev–Trinajstić information content (AvgIpc) is 2.68. The first-order valence-corrected chi connectivity index (χ1v) is 7.74. The quantitative estimate of drug-likeness (QED) is 0.830. The molecule has 0 radical (unpaired) electrons. The summed E-state index contributed by atoms with van der Waals surface area (Å²) in [5, 5.41) is 3.49. The van der Waals surface area contributed by atoms with Crippen molar-refractivity contribution in [2.24, 2.45) is 5.41 Å². The Morgan fingerprint density at radius 1 is 1.37 bits per heavy atom. The molecule has 2 fully saturated rings. The van der Waals surface area contributed by atoms with Gasteiger partial charge >= 0.3 is 0 Å². The summed E-state index contributed by atoms with van der Waals surface area (Å²) in [4.78, 5) is 14.6. The van der Waals surface area contributed by atoms with Crippen molar-refractivity contribution >= 4 is 5.91 Å². The highest BCUT2D eigenvalue weighted by atomic mass is 16.5. The summed E-state index contributed by atoms with van der Waals surface area (Å²) >= 11 is 0. The van der Waals surface area contributed by atoms with Gasteiger partial charge in [0.05, 0.1) is 12.2 Å². The monoisotopic (exact) mass is 268 g/mol. The van der Waals surface area contributed by atoms with Crippen molar-refractivity contribution in [3.05, 3.63) is 0 Å². The molecule has 0 aliphatic carbocycles. The zero-order chi connectivity index (χ0) is 13.9. The standard InChI is InChI=1S/C15H28N2O2/c1-4-6-13-16-12(5-2)14(18)17(13)11-15(3)7-9-19-10-8-15/h12-13,16H,4-11H2,1-3H3. The normalized spacial score (nSPS) is 30.9. The SMILES string of the molecule is CCCC1NC(CC)C(=O)N1CC1(C)CCOCC1. The Hall–Kier alpha value is -0.610. The number of carbonyl (C=O) groups is 1. The van der Waals surface area contributed by atoms with Gasteiger partial charge in [0, 0.05) is 19.8 Å². The van der Waals surface area contributed by atoms with E-state index in [9.17, 15) is 4.79 Å². The third-order valence-corrected chi connectivity index (χ3v) is 4.57. The number of amides is 1. The Labute approximate surface area is 116 Å². The van der Waals surface area contributed by atoms with Crippen molar-refractivity contribution in [1.82, 2.24) is 10.2 Å². The smallest absolute Gasteiger partial charge is 0.241 e. The minimum Gasteiger partial charge on any atom is -0.381 e. The Morgan fingerprint density at radius 2 is 2.05 bits per heavy atom. The Bertz CT molecular complexity index is 313. The van der Waals surface area contributed by atoms with E-state index in [1.54, 1.807) is 0 Å².